The summed E-state index contributed by atoms with van der Waals surface area (Å²) in [4.78, 5) is 11.5. The molecule has 2 rings (SSSR count). The fourth-order valence-electron chi connectivity index (χ4n) is 2.33. The Morgan fingerprint density at radius 3 is 2.12 bits per heavy atom. The van der Waals surface area contributed by atoms with Crippen LogP contribution in [0.5, 0.6) is 0 Å². The molecule has 0 amide bonds. The van der Waals surface area contributed by atoms with Gasteiger partial charge in [-0.05, 0) is 55.8 Å². The zero-order valence-corrected chi connectivity index (χ0v) is 15.1. The van der Waals surface area contributed by atoms with Crippen LogP contribution in [0.1, 0.15) is 29.8 Å². The predicted molar refractivity (Wildman–Crippen MR) is 92.0 cm³/mol. The van der Waals surface area contributed by atoms with Crippen LogP contribution in [0.15, 0.2) is 53.4 Å². The van der Waals surface area contributed by atoms with E-state index in [1.807, 2.05) is 0 Å². The minimum atomic E-state index is -3.77. The molecule has 0 aliphatic rings. The number of rotatable bonds is 6. The van der Waals surface area contributed by atoms with Crippen molar-refractivity contribution >= 4 is 16.0 Å². The Bertz CT molecular complexity index is 830. The number of hydrogen-bond acceptors (Lipinski definition) is 4. The Morgan fingerprint density at radius 1 is 1.08 bits per heavy atom. The number of halogens is 1. The predicted octanol–water partition coefficient (Wildman–Crippen LogP) is 3.21. The van der Waals surface area contributed by atoms with E-state index in [1.54, 1.807) is 38.1 Å². The van der Waals surface area contributed by atoms with Crippen LogP contribution in [0, 0.1) is 5.82 Å². The zero-order valence-electron chi connectivity index (χ0n) is 14.3. The quantitative estimate of drug-likeness (QED) is 0.738. The monoisotopic (exact) mass is 365 g/mol. The summed E-state index contributed by atoms with van der Waals surface area (Å²) >= 11 is 0. The number of carbonyl (C=O) groups is 1. The Kier molecular flexibility index (Phi) is 5.92. The number of esters is 1. The molecule has 7 heteroatoms. The van der Waals surface area contributed by atoms with Gasteiger partial charge in [0.2, 0.25) is 10.0 Å². The Balaban J connectivity index is 2.29. The van der Waals surface area contributed by atoms with Crippen molar-refractivity contribution in [2.24, 2.45) is 0 Å². The molecular formula is C18H20FNO4S. The number of sulfonamides is 1. The van der Waals surface area contributed by atoms with Gasteiger partial charge in [0.1, 0.15) is 5.82 Å². The van der Waals surface area contributed by atoms with Gasteiger partial charge in [0.25, 0.3) is 0 Å². The molecule has 0 aliphatic heterocycles. The highest BCUT2D eigenvalue weighted by Crippen LogP contribution is 2.21. The third-order valence-electron chi connectivity index (χ3n) is 3.71. The minimum Gasteiger partial charge on any atom is -0.465 e. The first-order valence-electron chi connectivity index (χ1n) is 7.70. The van der Waals surface area contributed by atoms with Crippen molar-refractivity contribution in [1.29, 1.82) is 0 Å². The van der Waals surface area contributed by atoms with Crippen molar-refractivity contribution in [3.8, 4) is 0 Å². The maximum absolute atomic E-state index is 13.1. The van der Waals surface area contributed by atoms with Crippen LogP contribution in [0.3, 0.4) is 0 Å². The van der Waals surface area contributed by atoms with E-state index < -0.39 is 21.8 Å². The molecule has 0 bridgehead atoms. The van der Waals surface area contributed by atoms with Crippen molar-refractivity contribution in [3.63, 3.8) is 0 Å². The number of carbonyl (C=O) groups excluding carboxylic acids is 1. The van der Waals surface area contributed by atoms with Crippen molar-refractivity contribution in [2.45, 2.75) is 31.3 Å². The summed E-state index contributed by atoms with van der Waals surface area (Å²) in [6.45, 7) is 3.67. The van der Waals surface area contributed by atoms with E-state index in [-0.39, 0.29) is 17.5 Å². The normalized spacial score (nSPS) is 11.8. The molecule has 0 radical (unpaired) electrons. The van der Waals surface area contributed by atoms with E-state index in [0.29, 0.717) is 5.56 Å². The number of nitrogens with zero attached hydrogens (tertiary/aromatic N) is 1. The zero-order chi connectivity index (χ0) is 18.6. The standard InChI is InChI=1S/C18H20FNO4S/c1-13(2)20(25(22,23)17-10-8-16(19)9-11-17)12-14-4-6-15(7-5-14)18(21)24-3/h4-11,13H,12H2,1-3H3. The maximum atomic E-state index is 13.1. The first kappa shape index (κ1) is 19.1. The largest absolute Gasteiger partial charge is 0.465 e. The van der Waals surface area contributed by atoms with E-state index >= 15 is 0 Å². The van der Waals surface area contributed by atoms with E-state index in [0.717, 1.165) is 17.7 Å². The van der Waals surface area contributed by atoms with Gasteiger partial charge in [-0.15, -0.1) is 0 Å². The molecule has 0 aliphatic carbocycles. The number of hydrogen-bond donors (Lipinski definition) is 0. The summed E-state index contributed by atoms with van der Waals surface area (Å²) in [5.41, 5.74) is 1.12. The number of ether oxygens (including phenoxy) is 1. The third kappa shape index (κ3) is 4.43. The molecule has 0 unspecified atom stereocenters. The summed E-state index contributed by atoms with van der Waals surface area (Å²) in [7, 11) is -2.47. The highest BCUT2D eigenvalue weighted by molar-refractivity contribution is 7.89. The maximum Gasteiger partial charge on any atom is 0.337 e. The number of methoxy groups -OCH3 is 1. The van der Waals surface area contributed by atoms with Crippen LogP contribution in [0.2, 0.25) is 0 Å². The topological polar surface area (TPSA) is 63.7 Å². The molecule has 0 atom stereocenters. The molecule has 2 aromatic rings. The third-order valence-corrected chi connectivity index (χ3v) is 5.75. The van der Waals surface area contributed by atoms with Crippen LogP contribution in [-0.2, 0) is 21.3 Å². The minimum absolute atomic E-state index is 0.0359. The van der Waals surface area contributed by atoms with Gasteiger partial charge in [-0.3, -0.25) is 0 Å². The van der Waals surface area contributed by atoms with Gasteiger partial charge in [-0.1, -0.05) is 12.1 Å². The molecule has 0 saturated carbocycles. The molecule has 0 aromatic heterocycles. The van der Waals surface area contributed by atoms with Crippen LogP contribution in [0.4, 0.5) is 4.39 Å². The second-order valence-corrected chi connectivity index (χ2v) is 7.68. The van der Waals surface area contributed by atoms with Crippen molar-refractivity contribution in [2.75, 3.05) is 7.11 Å². The second-order valence-electron chi connectivity index (χ2n) is 5.79. The Hall–Kier alpha value is -2.25. The first-order valence-corrected chi connectivity index (χ1v) is 9.14. The average molecular weight is 365 g/mol. The lowest BCUT2D eigenvalue weighted by molar-refractivity contribution is 0.0600. The lowest BCUT2D eigenvalue weighted by Gasteiger charge is -2.26. The lowest BCUT2D eigenvalue weighted by atomic mass is 10.1. The summed E-state index contributed by atoms with van der Waals surface area (Å²) in [6.07, 6.45) is 0. The van der Waals surface area contributed by atoms with E-state index in [4.69, 9.17) is 0 Å². The van der Waals surface area contributed by atoms with Crippen LogP contribution < -0.4 is 0 Å². The Morgan fingerprint density at radius 2 is 1.64 bits per heavy atom. The highest BCUT2D eigenvalue weighted by Gasteiger charge is 2.27. The Labute approximate surface area is 147 Å². The van der Waals surface area contributed by atoms with Gasteiger partial charge in [-0.25, -0.2) is 17.6 Å². The van der Waals surface area contributed by atoms with Crippen molar-refractivity contribution in [3.05, 3.63) is 65.5 Å². The smallest absolute Gasteiger partial charge is 0.337 e. The van der Waals surface area contributed by atoms with E-state index in [2.05, 4.69) is 4.74 Å². The fraction of sp³-hybridized carbons (Fsp3) is 0.278. The fourth-order valence-corrected chi connectivity index (χ4v) is 3.96. The molecule has 25 heavy (non-hydrogen) atoms. The second kappa shape index (κ2) is 7.76. The molecular weight excluding hydrogens is 345 g/mol. The van der Waals surface area contributed by atoms with Gasteiger partial charge < -0.3 is 4.74 Å². The van der Waals surface area contributed by atoms with Crippen molar-refractivity contribution < 1.29 is 22.3 Å². The van der Waals surface area contributed by atoms with Gasteiger partial charge in [0, 0.05) is 12.6 Å². The van der Waals surface area contributed by atoms with Crippen LogP contribution in [-0.4, -0.2) is 31.8 Å². The molecule has 5 nitrogen and oxygen atoms in total. The molecule has 0 spiro atoms. The van der Waals surface area contributed by atoms with Gasteiger partial charge in [0.15, 0.2) is 0 Å². The molecule has 2 aromatic carbocycles. The SMILES string of the molecule is COC(=O)c1ccc(CN(C(C)C)S(=O)(=O)c2ccc(F)cc2)cc1. The summed E-state index contributed by atoms with van der Waals surface area (Å²) < 4.78 is 44.7. The van der Waals surface area contributed by atoms with Crippen LogP contribution in [0.25, 0.3) is 0 Å². The van der Waals surface area contributed by atoms with Crippen molar-refractivity contribution in [1.82, 2.24) is 4.31 Å². The van der Waals surface area contributed by atoms with Gasteiger partial charge >= 0.3 is 5.97 Å². The average Bonchev–Trinajstić information content (AvgIpc) is 2.59. The molecule has 0 saturated heterocycles. The summed E-state index contributed by atoms with van der Waals surface area (Å²) in [5.74, 6) is -0.945. The number of benzene rings is 2. The summed E-state index contributed by atoms with van der Waals surface area (Å²) in [6, 6.07) is 11.0. The van der Waals surface area contributed by atoms with Crippen LogP contribution >= 0.6 is 0 Å². The van der Waals surface area contributed by atoms with Gasteiger partial charge in [0.05, 0.1) is 17.6 Å². The summed E-state index contributed by atoms with van der Waals surface area (Å²) in [5, 5.41) is 0. The molecule has 134 valence electrons. The molecule has 0 N–H and O–H groups in total. The van der Waals surface area contributed by atoms with E-state index in [1.165, 1.54) is 23.5 Å². The highest BCUT2D eigenvalue weighted by atomic mass is 32.2. The first-order chi connectivity index (χ1) is 11.8. The van der Waals surface area contributed by atoms with Gasteiger partial charge in [-0.2, -0.15) is 4.31 Å². The molecule has 0 heterocycles. The molecule has 0 fully saturated rings. The van der Waals surface area contributed by atoms with E-state index in [9.17, 15) is 17.6 Å². The lowest BCUT2D eigenvalue weighted by Crippen LogP contribution is -2.36.